The molecule has 0 unspecified atom stereocenters. The van der Waals surface area contributed by atoms with E-state index in [-0.39, 0.29) is 5.91 Å². The molecule has 110 valence electrons. The molecule has 0 radical (unpaired) electrons. The molecule has 1 aromatic carbocycles. The van der Waals surface area contributed by atoms with Crippen molar-refractivity contribution in [2.75, 3.05) is 12.3 Å². The summed E-state index contributed by atoms with van der Waals surface area (Å²) >= 11 is 3.28. The predicted octanol–water partition coefficient (Wildman–Crippen LogP) is 3.55. The Balaban J connectivity index is 1.80. The van der Waals surface area contributed by atoms with Gasteiger partial charge < -0.3 is 10.0 Å². The van der Waals surface area contributed by atoms with Crippen molar-refractivity contribution in [3.05, 3.63) is 52.4 Å². The highest BCUT2D eigenvalue weighted by atomic mass is 32.2. The standard InChI is InChI=1S/C16H17NO2S2/c1-2-20-15-8-7-14(21-15)16(19)17-9-11-5-3-4-6-12(11)13(18)10-17/h3-8,13,18H,2,9-10H2,1H3/t13-/m0/s1. The Labute approximate surface area is 132 Å². The number of hydrogen-bond acceptors (Lipinski definition) is 4. The summed E-state index contributed by atoms with van der Waals surface area (Å²) in [6, 6.07) is 11.7. The average molecular weight is 319 g/mol. The maximum absolute atomic E-state index is 12.6. The van der Waals surface area contributed by atoms with Crippen LogP contribution < -0.4 is 0 Å². The van der Waals surface area contributed by atoms with Gasteiger partial charge in [-0.2, -0.15) is 0 Å². The van der Waals surface area contributed by atoms with Crippen molar-refractivity contribution in [2.24, 2.45) is 0 Å². The topological polar surface area (TPSA) is 40.5 Å². The normalized spacial score (nSPS) is 17.6. The zero-order valence-electron chi connectivity index (χ0n) is 11.8. The van der Waals surface area contributed by atoms with E-state index in [2.05, 4.69) is 6.92 Å². The van der Waals surface area contributed by atoms with Gasteiger partial charge in [-0.3, -0.25) is 4.79 Å². The summed E-state index contributed by atoms with van der Waals surface area (Å²) in [5.74, 6) is 1.01. The number of β-amino-alcohol motifs (C(OH)–C–C–N with tert-alkyl or cyclic N) is 1. The fourth-order valence-corrected chi connectivity index (χ4v) is 4.56. The lowest BCUT2D eigenvalue weighted by Crippen LogP contribution is -2.37. The van der Waals surface area contributed by atoms with Gasteiger partial charge in [0.15, 0.2) is 0 Å². The lowest BCUT2D eigenvalue weighted by Gasteiger charge is -2.31. The smallest absolute Gasteiger partial charge is 0.264 e. The van der Waals surface area contributed by atoms with Crippen molar-refractivity contribution in [3.8, 4) is 0 Å². The molecule has 0 fully saturated rings. The molecule has 0 saturated heterocycles. The van der Waals surface area contributed by atoms with E-state index < -0.39 is 6.10 Å². The van der Waals surface area contributed by atoms with Crippen LogP contribution in [0.5, 0.6) is 0 Å². The van der Waals surface area contributed by atoms with Gasteiger partial charge in [0, 0.05) is 6.54 Å². The Kier molecular flexibility index (Phi) is 4.33. The lowest BCUT2D eigenvalue weighted by molar-refractivity contribution is 0.0554. The van der Waals surface area contributed by atoms with Gasteiger partial charge in [-0.1, -0.05) is 31.2 Å². The molecule has 1 aliphatic rings. The van der Waals surface area contributed by atoms with Crippen LogP contribution in [0, 0.1) is 0 Å². The van der Waals surface area contributed by atoms with E-state index in [0.29, 0.717) is 13.1 Å². The van der Waals surface area contributed by atoms with E-state index in [4.69, 9.17) is 0 Å². The maximum Gasteiger partial charge on any atom is 0.264 e. The SMILES string of the molecule is CCSc1ccc(C(=O)N2Cc3ccccc3[C@@H](O)C2)s1. The third-order valence-electron chi connectivity index (χ3n) is 3.53. The number of benzene rings is 1. The van der Waals surface area contributed by atoms with E-state index in [1.807, 2.05) is 36.4 Å². The molecule has 0 saturated carbocycles. The second-order valence-corrected chi connectivity index (χ2v) is 7.60. The highest BCUT2D eigenvalue weighted by Crippen LogP contribution is 2.31. The second kappa shape index (κ2) is 6.22. The number of carbonyl (C=O) groups is 1. The number of thioether (sulfide) groups is 1. The highest BCUT2D eigenvalue weighted by Gasteiger charge is 2.27. The number of hydrogen-bond donors (Lipinski definition) is 1. The number of fused-ring (bicyclic) bond motifs is 1. The van der Waals surface area contributed by atoms with Crippen LogP contribution in [0.25, 0.3) is 0 Å². The average Bonchev–Trinajstić information content (AvgIpc) is 2.95. The lowest BCUT2D eigenvalue weighted by atomic mass is 9.97. The number of thiophene rings is 1. The fourth-order valence-electron chi connectivity index (χ4n) is 2.55. The van der Waals surface area contributed by atoms with Crippen molar-refractivity contribution in [2.45, 2.75) is 23.8 Å². The minimum Gasteiger partial charge on any atom is -0.387 e. The van der Waals surface area contributed by atoms with Crippen LogP contribution in [0.3, 0.4) is 0 Å². The molecule has 0 bridgehead atoms. The summed E-state index contributed by atoms with van der Waals surface area (Å²) in [4.78, 5) is 15.1. The molecule has 3 rings (SSSR count). The second-order valence-electron chi connectivity index (χ2n) is 4.95. The van der Waals surface area contributed by atoms with Crippen LogP contribution in [-0.4, -0.2) is 28.2 Å². The van der Waals surface area contributed by atoms with Crippen LogP contribution in [0.4, 0.5) is 0 Å². The number of aliphatic hydroxyl groups excluding tert-OH is 1. The third kappa shape index (κ3) is 3.00. The maximum atomic E-state index is 12.6. The summed E-state index contributed by atoms with van der Waals surface area (Å²) in [5, 5.41) is 10.2. The Morgan fingerprint density at radius 2 is 2.19 bits per heavy atom. The van der Waals surface area contributed by atoms with Gasteiger partial charge in [-0.25, -0.2) is 0 Å². The molecule has 1 atom stereocenters. The fraction of sp³-hybridized carbons (Fsp3) is 0.312. The van der Waals surface area contributed by atoms with Gasteiger partial charge in [0.05, 0.1) is 21.7 Å². The van der Waals surface area contributed by atoms with Gasteiger partial charge in [0.1, 0.15) is 0 Å². The Morgan fingerprint density at radius 1 is 1.38 bits per heavy atom. The summed E-state index contributed by atoms with van der Waals surface area (Å²) < 4.78 is 1.17. The van der Waals surface area contributed by atoms with Crippen LogP contribution in [0.15, 0.2) is 40.6 Å². The first-order chi connectivity index (χ1) is 10.2. The summed E-state index contributed by atoms with van der Waals surface area (Å²) in [6.45, 7) is 3.04. The van der Waals surface area contributed by atoms with Crippen molar-refractivity contribution in [1.29, 1.82) is 0 Å². The van der Waals surface area contributed by atoms with Gasteiger partial charge in [-0.15, -0.1) is 23.1 Å². The first kappa shape index (κ1) is 14.6. The van der Waals surface area contributed by atoms with Crippen LogP contribution in [0.1, 0.15) is 33.8 Å². The van der Waals surface area contributed by atoms with E-state index in [0.717, 1.165) is 21.8 Å². The molecule has 5 heteroatoms. The zero-order valence-corrected chi connectivity index (χ0v) is 13.4. The van der Waals surface area contributed by atoms with E-state index in [1.165, 1.54) is 15.5 Å². The zero-order chi connectivity index (χ0) is 14.8. The number of nitrogens with zero attached hydrogens (tertiary/aromatic N) is 1. The minimum atomic E-state index is -0.594. The minimum absolute atomic E-state index is 0.0107. The number of aliphatic hydroxyl groups is 1. The largest absolute Gasteiger partial charge is 0.387 e. The molecule has 1 amide bonds. The molecular weight excluding hydrogens is 302 g/mol. The molecule has 0 spiro atoms. The van der Waals surface area contributed by atoms with Gasteiger partial charge >= 0.3 is 0 Å². The number of rotatable bonds is 3. The van der Waals surface area contributed by atoms with E-state index in [9.17, 15) is 9.90 Å². The number of amides is 1. The summed E-state index contributed by atoms with van der Waals surface area (Å²) in [6.07, 6.45) is -0.594. The van der Waals surface area contributed by atoms with Crippen molar-refractivity contribution in [1.82, 2.24) is 4.90 Å². The van der Waals surface area contributed by atoms with Crippen molar-refractivity contribution < 1.29 is 9.90 Å². The van der Waals surface area contributed by atoms with Gasteiger partial charge in [0.2, 0.25) is 0 Å². The molecule has 2 heterocycles. The monoisotopic (exact) mass is 319 g/mol. The van der Waals surface area contributed by atoms with Crippen LogP contribution in [-0.2, 0) is 6.54 Å². The molecule has 1 N–H and O–H groups in total. The summed E-state index contributed by atoms with van der Waals surface area (Å²) in [5.41, 5.74) is 1.97. The molecular formula is C16H17NO2S2. The molecule has 3 nitrogen and oxygen atoms in total. The van der Waals surface area contributed by atoms with Crippen LogP contribution in [0.2, 0.25) is 0 Å². The van der Waals surface area contributed by atoms with Crippen LogP contribution >= 0.6 is 23.1 Å². The first-order valence-electron chi connectivity index (χ1n) is 6.97. The Morgan fingerprint density at radius 3 is 3.00 bits per heavy atom. The third-order valence-corrected chi connectivity index (χ3v) is 5.72. The number of carbonyl (C=O) groups excluding carboxylic acids is 1. The van der Waals surface area contributed by atoms with E-state index >= 15 is 0 Å². The molecule has 1 aliphatic heterocycles. The van der Waals surface area contributed by atoms with Crippen molar-refractivity contribution in [3.63, 3.8) is 0 Å². The Hall–Kier alpha value is -1.30. The van der Waals surface area contributed by atoms with E-state index in [1.54, 1.807) is 16.7 Å². The quantitative estimate of drug-likeness (QED) is 0.880. The highest BCUT2D eigenvalue weighted by molar-refractivity contribution is 8.01. The van der Waals surface area contributed by atoms with Gasteiger partial charge in [0.25, 0.3) is 5.91 Å². The molecule has 2 aromatic rings. The van der Waals surface area contributed by atoms with Gasteiger partial charge in [-0.05, 0) is 29.0 Å². The summed E-state index contributed by atoms with van der Waals surface area (Å²) in [7, 11) is 0. The molecule has 0 aliphatic carbocycles. The molecule has 1 aromatic heterocycles. The van der Waals surface area contributed by atoms with Crippen molar-refractivity contribution >= 4 is 29.0 Å². The molecule has 21 heavy (non-hydrogen) atoms. The first-order valence-corrected chi connectivity index (χ1v) is 8.77. The predicted molar refractivity (Wildman–Crippen MR) is 86.9 cm³/mol. The Bertz CT molecular complexity index is 653.